The van der Waals surface area contributed by atoms with E-state index in [2.05, 4.69) is 15.1 Å². The molecule has 160 valence electrons. The van der Waals surface area contributed by atoms with E-state index in [-0.39, 0.29) is 17.9 Å². The maximum Gasteiger partial charge on any atom is 0.244 e. The largest absolute Gasteiger partial charge is 0.347 e. The quantitative estimate of drug-likeness (QED) is 0.799. The second-order valence-corrected chi connectivity index (χ2v) is 8.17. The molecule has 1 atom stereocenters. The van der Waals surface area contributed by atoms with Crippen LogP contribution < -0.4 is 5.32 Å². The van der Waals surface area contributed by atoms with Crippen molar-refractivity contribution < 1.29 is 9.59 Å². The van der Waals surface area contributed by atoms with Gasteiger partial charge in [0.25, 0.3) is 0 Å². The lowest BCUT2D eigenvalue weighted by Crippen LogP contribution is -2.52. The first-order chi connectivity index (χ1) is 14.4. The summed E-state index contributed by atoms with van der Waals surface area (Å²) in [7, 11) is 3.60. The summed E-state index contributed by atoms with van der Waals surface area (Å²) >= 11 is 0. The molecule has 6 nitrogen and oxygen atoms in total. The zero-order valence-electron chi connectivity index (χ0n) is 18.4. The number of likely N-dealkylation sites (N-methyl/N-ethyl adjacent to an activating group) is 1. The fourth-order valence-corrected chi connectivity index (χ4v) is 3.96. The monoisotopic (exact) mass is 408 g/mol. The number of hydrogen-bond donors (Lipinski definition) is 1. The van der Waals surface area contributed by atoms with Crippen LogP contribution in [0.15, 0.2) is 48.5 Å². The van der Waals surface area contributed by atoms with E-state index >= 15 is 0 Å². The van der Waals surface area contributed by atoms with Crippen molar-refractivity contribution in [2.45, 2.75) is 19.9 Å². The summed E-state index contributed by atoms with van der Waals surface area (Å²) in [4.78, 5) is 31.5. The van der Waals surface area contributed by atoms with Gasteiger partial charge in [-0.25, -0.2) is 0 Å². The van der Waals surface area contributed by atoms with E-state index in [1.165, 1.54) is 0 Å². The van der Waals surface area contributed by atoms with Gasteiger partial charge in [0.05, 0.1) is 6.54 Å². The molecule has 1 fully saturated rings. The molecule has 2 aromatic rings. The van der Waals surface area contributed by atoms with Crippen LogP contribution in [0.4, 0.5) is 5.69 Å². The van der Waals surface area contributed by atoms with Crippen LogP contribution in [0.2, 0.25) is 0 Å². The summed E-state index contributed by atoms with van der Waals surface area (Å²) in [6, 6.07) is 15.7. The van der Waals surface area contributed by atoms with Crippen LogP contribution in [-0.4, -0.2) is 73.3 Å². The first-order valence-electron chi connectivity index (χ1n) is 10.5. The smallest absolute Gasteiger partial charge is 0.244 e. The van der Waals surface area contributed by atoms with Gasteiger partial charge in [-0.3, -0.25) is 19.4 Å². The van der Waals surface area contributed by atoms with Crippen molar-refractivity contribution in [2.75, 3.05) is 52.1 Å². The summed E-state index contributed by atoms with van der Waals surface area (Å²) in [5, 5.41) is 3.06. The molecule has 0 radical (unpaired) electrons. The van der Waals surface area contributed by atoms with Crippen molar-refractivity contribution in [1.82, 2.24) is 14.7 Å². The van der Waals surface area contributed by atoms with E-state index in [0.29, 0.717) is 6.54 Å². The van der Waals surface area contributed by atoms with E-state index in [1.54, 1.807) is 19.0 Å². The van der Waals surface area contributed by atoms with Crippen molar-refractivity contribution >= 4 is 17.5 Å². The summed E-state index contributed by atoms with van der Waals surface area (Å²) < 4.78 is 0. The van der Waals surface area contributed by atoms with Crippen LogP contribution in [0.5, 0.6) is 0 Å². The molecular formula is C24H32N4O2. The van der Waals surface area contributed by atoms with Crippen molar-refractivity contribution in [2.24, 2.45) is 0 Å². The molecule has 1 aliphatic rings. The first-order valence-corrected chi connectivity index (χ1v) is 10.5. The normalized spacial score (nSPS) is 16.1. The zero-order valence-corrected chi connectivity index (χ0v) is 18.4. The fraction of sp³-hybridized carbons (Fsp3) is 0.417. The minimum atomic E-state index is -0.285. The van der Waals surface area contributed by atoms with Gasteiger partial charge >= 0.3 is 0 Å². The highest BCUT2D eigenvalue weighted by Crippen LogP contribution is 2.24. The van der Waals surface area contributed by atoms with Crippen LogP contribution >= 0.6 is 0 Å². The molecule has 1 saturated heterocycles. The van der Waals surface area contributed by atoms with Crippen LogP contribution in [0.25, 0.3) is 0 Å². The maximum absolute atomic E-state index is 12.9. The van der Waals surface area contributed by atoms with E-state index in [9.17, 15) is 9.59 Å². The zero-order chi connectivity index (χ0) is 21.7. The van der Waals surface area contributed by atoms with Gasteiger partial charge in [0.15, 0.2) is 0 Å². The second kappa shape index (κ2) is 9.87. The standard InChI is InChI=1S/C24H32N4O2/c1-18-9-8-10-19(2)22(18)25-21(29)17-27-13-15-28(16-14-27)23(24(30)26(3)4)20-11-6-5-7-12-20/h5-12,23H,13-17H2,1-4H3,(H,25,29)/t23-/m0/s1. The molecule has 1 N–H and O–H groups in total. The molecule has 0 unspecified atom stereocenters. The molecule has 0 bridgehead atoms. The highest BCUT2D eigenvalue weighted by Gasteiger charge is 2.31. The molecule has 6 heteroatoms. The van der Waals surface area contributed by atoms with Gasteiger partial charge in [0.1, 0.15) is 6.04 Å². The molecule has 2 aromatic carbocycles. The molecule has 2 amide bonds. The number of nitrogens with one attached hydrogen (secondary N) is 1. The van der Waals surface area contributed by atoms with E-state index in [4.69, 9.17) is 0 Å². The minimum absolute atomic E-state index is 0.00447. The molecule has 0 spiro atoms. The lowest BCUT2D eigenvalue weighted by molar-refractivity contribution is -0.135. The number of piperazine rings is 1. The van der Waals surface area contributed by atoms with Crippen LogP contribution in [0, 0.1) is 13.8 Å². The number of para-hydroxylation sites is 1. The van der Waals surface area contributed by atoms with Gasteiger partial charge in [0, 0.05) is 46.0 Å². The van der Waals surface area contributed by atoms with E-state index in [1.807, 2.05) is 62.4 Å². The van der Waals surface area contributed by atoms with Crippen LogP contribution in [0.1, 0.15) is 22.7 Å². The Kier molecular flexibility index (Phi) is 7.24. The third kappa shape index (κ3) is 5.26. The number of amides is 2. The summed E-state index contributed by atoms with van der Waals surface area (Å²) in [5.41, 5.74) is 4.06. The molecule has 0 aromatic heterocycles. The van der Waals surface area contributed by atoms with E-state index in [0.717, 1.165) is 48.6 Å². The van der Waals surface area contributed by atoms with Crippen molar-refractivity contribution in [1.29, 1.82) is 0 Å². The molecule has 1 aliphatic heterocycles. The predicted molar refractivity (Wildman–Crippen MR) is 120 cm³/mol. The molecule has 3 rings (SSSR count). The number of rotatable bonds is 6. The van der Waals surface area contributed by atoms with Crippen molar-refractivity contribution in [3.05, 3.63) is 65.2 Å². The number of benzene rings is 2. The predicted octanol–water partition coefficient (Wildman–Crippen LogP) is 2.69. The Morgan fingerprint density at radius 3 is 2.10 bits per heavy atom. The van der Waals surface area contributed by atoms with Crippen LogP contribution in [0.3, 0.4) is 0 Å². The Labute approximate surface area is 179 Å². The van der Waals surface area contributed by atoms with Gasteiger partial charge in [-0.15, -0.1) is 0 Å². The SMILES string of the molecule is Cc1cccc(C)c1NC(=O)CN1CCN([C@H](C(=O)N(C)C)c2ccccc2)CC1. The number of carbonyl (C=O) groups is 2. The molecule has 0 saturated carbocycles. The fourth-order valence-electron chi connectivity index (χ4n) is 3.96. The lowest BCUT2D eigenvalue weighted by atomic mass is 10.0. The highest BCUT2D eigenvalue weighted by molar-refractivity contribution is 5.93. The van der Waals surface area contributed by atoms with Gasteiger partial charge in [-0.1, -0.05) is 48.5 Å². The van der Waals surface area contributed by atoms with Crippen LogP contribution in [-0.2, 0) is 9.59 Å². The Balaban J connectivity index is 1.60. The number of aryl methyl sites for hydroxylation is 2. The Morgan fingerprint density at radius 2 is 1.53 bits per heavy atom. The second-order valence-electron chi connectivity index (χ2n) is 8.17. The Morgan fingerprint density at radius 1 is 0.933 bits per heavy atom. The third-order valence-electron chi connectivity index (χ3n) is 5.67. The van der Waals surface area contributed by atoms with Gasteiger partial charge in [-0.05, 0) is 30.5 Å². The summed E-state index contributed by atoms with van der Waals surface area (Å²) in [6.07, 6.45) is 0. The molecule has 1 heterocycles. The molecular weight excluding hydrogens is 376 g/mol. The average Bonchev–Trinajstić information content (AvgIpc) is 2.73. The van der Waals surface area contributed by atoms with E-state index < -0.39 is 0 Å². The Hall–Kier alpha value is -2.70. The number of nitrogens with zero attached hydrogens (tertiary/aromatic N) is 3. The number of anilines is 1. The highest BCUT2D eigenvalue weighted by atomic mass is 16.2. The average molecular weight is 409 g/mol. The molecule has 0 aliphatic carbocycles. The van der Waals surface area contributed by atoms with Crippen molar-refractivity contribution in [3.8, 4) is 0 Å². The first kappa shape index (κ1) is 22.0. The van der Waals surface area contributed by atoms with Gasteiger partial charge in [0.2, 0.25) is 11.8 Å². The number of hydrogen-bond acceptors (Lipinski definition) is 4. The topological polar surface area (TPSA) is 55.9 Å². The summed E-state index contributed by atoms with van der Waals surface area (Å²) in [5.74, 6) is 0.0900. The van der Waals surface area contributed by atoms with Gasteiger partial charge in [-0.2, -0.15) is 0 Å². The number of carbonyl (C=O) groups excluding carboxylic acids is 2. The Bertz CT molecular complexity index is 854. The summed E-state index contributed by atoms with van der Waals surface area (Å²) in [6.45, 7) is 7.37. The lowest BCUT2D eigenvalue weighted by Gasteiger charge is -2.39. The maximum atomic E-state index is 12.9. The van der Waals surface area contributed by atoms with Crippen molar-refractivity contribution in [3.63, 3.8) is 0 Å². The van der Waals surface area contributed by atoms with Gasteiger partial charge < -0.3 is 10.2 Å². The molecule has 30 heavy (non-hydrogen) atoms. The minimum Gasteiger partial charge on any atom is -0.347 e. The third-order valence-corrected chi connectivity index (χ3v) is 5.67.